The maximum absolute atomic E-state index is 9.47. The van der Waals surface area contributed by atoms with E-state index in [0.717, 1.165) is 25.2 Å². The number of nitrogens with one attached hydrogen (secondary N) is 1. The maximum atomic E-state index is 9.47. The van der Waals surface area contributed by atoms with Crippen LogP contribution < -0.4 is 11.1 Å². The first kappa shape index (κ1) is 25.1. The monoisotopic (exact) mass is 276 g/mol. The lowest BCUT2D eigenvalue weighted by Gasteiger charge is -1.90. The van der Waals surface area contributed by atoms with Gasteiger partial charge >= 0.3 is 5.97 Å². The van der Waals surface area contributed by atoms with Crippen LogP contribution in [0.25, 0.3) is 0 Å². The number of aliphatic carboxylic acids is 1. The van der Waals surface area contributed by atoms with Crippen LogP contribution in [0.4, 0.5) is 0 Å². The van der Waals surface area contributed by atoms with Crippen LogP contribution >= 0.6 is 12.4 Å². The van der Waals surface area contributed by atoms with Gasteiger partial charge in [-0.2, -0.15) is 0 Å². The average Bonchev–Trinajstić information content (AvgIpc) is 2.31. The number of nitrogens with two attached hydrogens (primary N) is 1. The van der Waals surface area contributed by atoms with E-state index in [1.54, 1.807) is 0 Å². The number of carboxylic acids is 1. The Morgan fingerprint density at radius 2 is 1.33 bits per heavy atom. The standard InChI is InChI=1S/C6H11N.C3H5NO.C3H4O2.ClH/c1-3-5-7-6-4-2;2*1-2-3(4)5;/h3-4,7H,1-2,5-6H2;2H,1H2,(H2,4,5);2H,1H2,(H,4,5);1H. The molecule has 0 bridgehead atoms. The van der Waals surface area contributed by atoms with Gasteiger partial charge in [-0.15, -0.1) is 25.6 Å². The summed E-state index contributed by atoms with van der Waals surface area (Å²) in [6, 6.07) is 0. The van der Waals surface area contributed by atoms with Gasteiger partial charge in [0.05, 0.1) is 0 Å². The van der Waals surface area contributed by atoms with Crippen molar-refractivity contribution in [1.29, 1.82) is 0 Å². The van der Waals surface area contributed by atoms with Crippen molar-refractivity contribution in [2.75, 3.05) is 13.1 Å². The molecule has 4 N–H and O–H groups in total. The molecule has 0 heterocycles. The zero-order valence-corrected chi connectivity index (χ0v) is 11.1. The molecule has 0 aromatic carbocycles. The van der Waals surface area contributed by atoms with Crippen molar-refractivity contribution >= 4 is 24.3 Å². The van der Waals surface area contributed by atoms with Gasteiger partial charge in [0, 0.05) is 19.2 Å². The fourth-order valence-corrected chi connectivity index (χ4v) is 0.287. The highest BCUT2D eigenvalue weighted by molar-refractivity contribution is 5.85. The second-order valence-electron chi connectivity index (χ2n) is 2.38. The van der Waals surface area contributed by atoms with Gasteiger partial charge in [0.1, 0.15) is 0 Å². The summed E-state index contributed by atoms with van der Waals surface area (Å²) in [5.74, 6) is -1.46. The lowest BCUT2D eigenvalue weighted by Crippen LogP contribution is -2.11. The van der Waals surface area contributed by atoms with E-state index < -0.39 is 11.9 Å². The zero-order chi connectivity index (χ0) is 14.1. The summed E-state index contributed by atoms with van der Waals surface area (Å²) in [4.78, 5) is 18.7. The largest absolute Gasteiger partial charge is 0.478 e. The van der Waals surface area contributed by atoms with Gasteiger partial charge in [-0.25, -0.2) is 4.79 Å². The van der Waals surface area contributed by atoms with Gasteiger partial charge in [-0.05, 0) is 6.08 Å². The number of carboxylic acid groups (broad SMARTS) is 1. The maximum Gasteiger partial charge on any atom is 0.327 e. The fourth-order valence-electron chi connectivity index (χ4n) is 0.287. The predicted molar refractivity (Wildman–Crippen MR) is 77.7 cm³/mol. The molecule has 1 amide bonds. The Hall–Kier alpha value is -1.85. The summed E-state index contributed by atoms with van der Waals surface area (Å²) in [5.41, 5.74) is 4.53. The number of hydrogen-bond acceptors (Lipinski definition) is 3. The van der Waals surface area contributed by atoms with Crippen molar-refractivity contribution in [3.63, 3.8) is 0 Å². The second-order valence-corrected chi connectivity index (χ2v) is 2.38. The van der Waals surface area contributed by atoms with Crippen LogP contribution in [0.15, 0.2) is 50.6 Å². The van der Waals surface area contributed by atoms with Gasteiger partial charge in [-0.1, -0.05) is 25.3 Å². The molecule has 0 aromatic rings. The Bertz CT molecular complexity index is 240. The first-order chi connectivity index (χ1) is 7.95. The Morgan fingerprint density at radius 3 is 1.44 bits per heavy atom. The van der Waals surface area contributed by atoms with Crippen LogP contribution in [0.5, 0.6) is 0 Å². The van der Waals surface area contributed by atoms with Crippen molar-refractivity contribution in [1.82, 2.24) is 5.32 Å². The number of halogens is 1. The molecule has 0 aliphatic heterocycles. The number of carbonyl (C=O) groups is 2. The number of carbonyl (C=O) groups excluding carboxylic acids is 1. The van der Waals surface area contributed by atoms with E-state index in [1.165, 1.54) is 0 Å². The molecular formula is C12H21ClN2O3. The highest BCUT2D eigenvalue weighted by Crippen LogP contribution is 1.59. The quantitative estimate of drug-likeness (QED) is 0.387. The van der Waals surface area contributed by atoms with E-state index in [-0.39, 0.29) is 12.4 Å². The van der Waals surface area contributed by atoms with Gasteiger partial charge < -0.3 is 16.2 Å². The predicted octanol–water partition coefficient (Wildman–Crippen LogP) is 1.28. The summed E-state index contributed by atoms with van der Waals surface area (Å²) in [6.07, 6.45) is 5.53. The fraction of sp³-hybridized carbons (Fsp3) is 0.167. The van der Waals surface area contributed by atoms with E-state index >= 15 is 0 Å². The number of amides is 1. The summed E-state index contributed by atoms with van der Waals surface area (Å²) < 4.78 is 0. The Labute approximate surface area is 114 Å². The minimum absolute atomic E-state index is 0. The molecule has 0 radical (unpaired) electrons. The van der Waals surface area contributed by atoms with Gasteiger partial charge in [0.15, 0.2) is 0 Å². The average molecular weight is 277 g/mol. The molecule has 0 rings (SSSR count). The topological polar surface area (TPSA) is 92.4 Å². The Morgan fingerprint density at radius 1 is 1.06 bits per heavy atom. The molecule has 104 valence electrons. The molecule has 0 atom stereocenters. The molecule has 0 aromatic heterocycles. The van der Waals surface area contributed by atoms with Gasteiger partial charge in [0.2, 0.25) is 5.91 Å². The summed E-state index contributed by atoms with van der Waals surface area (Å²) in [7, 11) is 0. The normalized spacial score (nSPS) is 6.67. The Kier molecular flexibility index (Phi) is 34.0. The van der Waals surface area contributed by atoms with Crippen LogP contribution in [-0.4, -0.2) is 30.1 Å². The smallest absolute Gasteiger partial charge is 0.327 e. The summed E-state index contributed by atoms with van der Waals surface area (Å²) in [5, 5.41) is 10.7. The van der Waals surface area contributed by atoms with E-state index in [4.69, 9.17) is 5.11 Å². The van der Waals surface area contributed by atoms with Crippen molar-refractivity contribution in [3.05, 3.63) is 50.6 Å². The second kappa shape index (κ2) is 24.4. The highest BCUT2D eigenvalue weighted by Gasteiger charge is 1.73. The van der Waals surface area contributed by atoms with E-state index in [2.05, 4.69) is 37.4 Å². The lowest BCUT2D eigenvalue weighted by molar-refractivity contribution is -0.131. The van der Waals surface area contributed by atoms with Crippen LogP contribution in [0.1, 0.15) is 0 Å². The highest BCUT2D eigenvalue weighted by atomic mass is 35.5. The van der Waals surface area contributed by atoms with Crippen molar-refractivity contribution < 1.29 is 14.7 Å². The first-order valence-electron chi connectivity index (χ1n) is 4.65. The molecule has 0 spiro atoms. The van der Waals surface area contributed by atoms with E-state index in [1.807, 2.05) is 12.2 Å². The minimum atomic E-state index is -0.981. The van der Waals surface area contributed by atoms with E-state index in [0.29, 0.717) is 0 Å². The third-order valence-electron chi connectivity index (χ3n) is 0.953. The van der Waals surface area contributed by atoms with Gasteiger partial charge in [-0.3, -0.25) is 4.79 Å². The third kappa shape index (κ3) is 64.7. The molecule has 5 nitrogen and oxygen atoms in total. The molecule has 0 aliphatic carbocycles. The van der Waals surface area contributed by atoms with Gasteiger partial charge in [0.25, 0.3) is 0 Å². The molecule has 0 aliphatic rings. The van der Waals surface area contributed by atoms with Crippen molar-refractivity contribution in [2.45, 2.75) is 0 Å². The molecule has 6 heteroatoms. The molecule has 0 fully saturated rings. The van der Waals surface area contributed by atoms with Crippen LogP contribution in [0, 0.1) is 0 Å². The van der Waals surface area contributed by atoms with Crippen LogP contribution in [0.2, 0.25) is 0 Å². The number of hydrogen-bond donors (Lipinski definition) is 3. The summed E-state index contributed by atoms with van der Waals surface area (Å²) in [6.45, 7) is 14.9. The molecule has 0 unspecified atom stereocenters. The SMILES string of the molecule is C=CC(=O)O.C=CC(N)=O.C=CCNCC=C.Cl. The molecule has 0 saturated carbocycles. The molecule has 18 heavy (non-hydrogen) atoms. The van der Waals surface area contributed by atoms with Crippen LogP contribution in [-0.2, 0) is 9.59 Å². The first-order valence-corrected chi connectivity index (χ1v) is 4.65. The number of rotatable bonds is 6. The number of primary amides is 1. The minimum Gasteiger partial charge on any atom is -0.478 e. The third-order valence-corrected chi connectivity index (χ3v) is 0.953. The van der Waals surface area contributed by atoms with Crippen molar-refractivity contribution in [3.8, 4) is 0 Å². The lowest BCUT2D eigenvalue weighted by atomic mass is 10.5. The van der Waals surface area contributed by atoms with E-state index in [9.17, 15) is 9.59 Å². The van der Waals surface area contributed by atoms with Crippen molar-refractivity contribution in [2.24, 2.45) is 5.73 Å². The molecule has 0 saturated heterocycles. The van der Waals surface area contributed by atoms with Crippen LogP contribution in [0.3, 0.4) is 0 Å². The summed E-state index contributed by atoms with van der Waals surface area (Å²) >= 11 is 0. The zero-order valence-electron chi connectivity index (χ0n) is 10.3. The Balaban J connectivity index is -0.0000000813. The molecular weight excluding hydrogens is 256 g/mol.